The lowest BCUT2D eigenvalue weighted by atomic mass is 10.0. The van der Waals surface area contributed by atoms with Crippen molar-refractivity contribution in [3.05, 3.63) is 36.3 Å². The number of alkyl halides is 6. The largest absolute Gasteiger partial charge is 0.434 e. The number of carbonyl (C=O) groups is 1. The van der Waals surface area contributed by atoms with Crippen LogP contribution in [0.5, 0.6) is 0 Å². The molecule has 2 atom stereocenters. The van der Waals surface area contributed by atoms with Gasteiger partial charge in [0.15, 0.2) is 0 Å². The topological polar surface area (TPSA) is 63.5 Å². The van der Waals surface area contributed by atoms with Crippen LogP contribution in [-0.4, -0.2) is 75.3 Å². The fourth-order valence-corrected chi connectivity index (χ4v) is 4.60. The van der Waals surface area contributed by atoms with Crippen LogP contribution in [0.1, 0.15) is 12.5 Å². The lowest BCUT2D eigenvalue weighted by Crippen LogP contribution is -2.48. The SMILES string of the molecule is CCn1cc(CN2CC3CN(C(=O)OC(C(F)(F)F)C(F)(F)F)CC3C2)c(-c2ccncc2)n1. The number of halogens is 6. The fraction of sp³-hybridized carbons (Fsp3) is 0.571. The van der Waals surface area contributed by atoms with Crippen LogP contribution in [0.2, 0.25) is 0 Å². The van der Waals surface area contributed by atoms with Crippen LogP contribution in [0, 0.1) is 11.8 Å². The van der Waals surface area contributed by atoms with E-state index < -0.39 is 24.5 Å². The molecule has 0 aliphatic carbocycles. The summed E-state index contributed by atoms with van der Waals surface area (Å²) in [5, 5.41) is 4.62. The Morgan fingerprint density at radius 3 is 2.18 bits per heavy atom. The Kier molecular flexibility index (Phi) is 6.49. The molecule has 13 heteroatoms. The van der Waals surface area contributed by atoms with Gasteiger partial charge in [-0.2, -0.15) is 31.4 Å². The summed E-state index contributed by atoms with van der Waals surface area (Å²) in [4.78, 5) is 19.2. The molecule has 0 saturated carbocycles. The minimum absolute atomic E-state index is 0.0495. The Bertz CT molecular complexity index is 981. The van der Waals surface area contributed by atoms with Crippen molar-refractivity contribution in [2.75, 3.05) is 26.2 Å². The van der Waals surface area contributed by atoms with Crippen LogP contribution >= 0.6 is 0 Å². The van der Waals surface area contributed by atoms with Gasteiger partial charge in [-0.25, -0.2) is 4.79 Å². The molecule has 2 aliphatic rings. The van der Waals surface area contributed by atoms with Gasteiger partial charge in [0.25, 0.3) is 6.10 Å². The average Bonchev–Trinajstić information content (AvgIpc) is 3.44. The molecule has 2 fully saturated rings. The second kappa shape index (κ2) is 9.08. The van der Waals surface area contributed by atoms with Gasteiger partial charge in [-0.05, 0) is 30.9 Å². The van der Waals surface area contributed by atoms with Crippen molar-refractivity contribution in [2.24, 2.45) is 11.8 Å². The highest BCUT2D eigenvalue weighted by molar-refractivity contribution is 5.68. The average molecular weight is 491 g/mol. The van der Waals surface area contributed by atoms with Crippen molar-refractivity contribution in [2.45, 2.75) is 38.5 Å². The maximum Gasteiger partial charge on any atom is 0.434 e. The van der Waals surface area contributed by atoms with Gasteiger partial charge in [0.2, 0.25) is 0 Å². The van der Waals surface area contributed by atoms with Crippen LogP contribution in [0.4, 0.5) is 31.1 Å². The molecule has 2 aliphatic heterocycles. The van der Waals surface area contributed by atoms with Crippen molar-refractivity contribution >= 4 is 6.09 Å². The molecule has 0 bridgehead atoms. The molecular formula is C21H23F6N5O2. The summed E-state index contributed by atoms with van der Waals surface area (Å²) < 4.78 is 81.9. The quantitative estimate of drug-likeness (QED) is 0.593. The molecule has 0 aromatic carbocycles. The third-order valence-corrected chi connectivity index (χ3v) is 6.14. The summed E-state index contributed by atoms with van der Waals surface area (Å²) in [6, 6.07) is 3.73. The number of fused-ring (bicyclic) bond motifs is 1. The first-order valence-corrected chi connectivity index (χ1v) is 10.7. The van der Waals surface area contributed by atoms with Crippen molar-refractivity contribution < 1.29 is 35.9 Å². The minimum atomic E-state index is -5.73. The van der Waals surface area contributed by atoms with E-state index in [9.17, 15) is 31.1 Å². The molecule has 0 radical (unpaired) electrons. The summed E-state index contributed by atoms with van der Waals surface area (Å²) >= 11 is 0. The molecule has 2 unspecified atom stereocenters. The molecule has 2 aromatic heterocycles. The predicted molar refractivity (Wildman–Crippen MR) is 107 cm³/mol. The summed E-state index contributed by atoms with van der Waals surface area (Å²) in [6.45, 7) is 4.47. The highest BCUT2D eigenvalue weighted by Gasteiger charge is 2.60. The molecule has 4 rings (SSSR count). The number of likely N-dealkylation sites (tertiary alicyclic amines) is 2. The van der Waals surface area contributed by atoms with E-state index in [1.165, 1.54) is 0 Å². The van der Waals surface area contributed by atoms with Gasteiger partial charge >= 0.3 is 18.4 Å². The van der Waals surface area contributed by atoms with E-state index in [1.54, 1.807) is 12.4 Å². The van der Waals surface area contributed by atoms with Gasteiger partial charge in [-0.15, -0.1) is 0 Å². The van der Waals surface area contributed by atoms with Crippen LogP contribution in [0.3, 0.4) is 0 Å². The van der Waals surface area contributed by atoms with E-state index in [4.69, 9.17) is 0 Å². The standard InChI is InChI=1S/C21H23F6N5O2/c1-2-32-12-16(17(29-32)13-3-5-28-6-4-13)9-30-7-14-10-31(11-15(14)8-30)19(33)34-18(20(22,23)24)21(25,26)27/h3-6,12,14-15,18H,2,7-11H2,1H3. The number of aryl methyl sites for hydroxylation is 1. The predicted octanol–water partition coefficient (Wildman–Crippen LogP) is 3.96. The monoisotopic (exact) mass is 491 g/mol. The zero-order chi connectivity index (χ0) is 24.7. The maximum absolute atomic E-state index is 12.7. The lowest BCUT2D eigenvalue weighted by molar-refractivity contribution is -0.308. The van der Waals surface area contributed by atoms with Crippen molar-refractivity contribution in [3.8, 4) is 11.3 Å². The summed E-state index contributed by atoms with van der Waals surface area (Å²) in [7, 11) is 0. The van der Waals surface area contributed by atoms with E-state index in [2.05, 4.69) is 19.7 Å². The number of hydrogen-bond acceptors (Lipinski definition) is 5. The fourth-order valence-electron chi connectivity index (χ4n) is 4.60. The molecule has 34 heavy (non-hydrogen) atoms. The Hall–Kier alpha value is -2.83. The second-order valence-electron chi connectivity index (χ2n) is 8.56. The molecule has 7 nitrogen and oxygen atoms in total. The number of ether oxygens (including phenoxy) is 1. The minimum Gasteiger partial charge on any atom is -0.426 e. The van der Waals surface area contributed by atoms with Crippen LogP contribution in [-0.2, 0) is 17.8 Å². The third-order valence-electron chi connectivity index (χ3n) is 6.14. The first kappa shape index (κ1) is 24.3. The van der Waals surface area contributed by atoms with Gasteiger partial charge in [0.1, 0.15) is 0 Å². The zero-order valence-corrected chi connectivity index (χ0v) is 18.2. The maximum atomic E-state index is 12.7. The van der Waals surface area contributed by atoms with Crippen molar-refractivity contribution in [1.29, 1.82) is 0 Å². The molecule has 0 spiro atoms. The zero-order valence-electron chi connectivity index (χ0n) is 18.2. The van der Waals surface area contributed by atoms with Crippen molar-refractivity contribution in [1.82, 2.24) is 24.6 Å². The number of carbonyl (C=O) groups excluding carboxylic acids is 1. The van der Waals surface area contributed by atoms with Gasteiger partial charge in [0.05, 0.1) is 5.69 Å². The van der Waals surface area contributed by atoms with Gasteiger partial charge in [0, 0.05) is 69.0 Å². The summed E-state index contributed by atoms with van der Waals surface area (Å²) in [5.41, 5.74) is 2.76. The normalized spacial score (nSPS) is 21.4. The van der Waals surface area contributed by atoms with Gasteiger partial charge in [-0.1, -0.05) is 0 Å². The molecule has 2 saturated heterocycles. The number of amides is 1. The molecule has 2 aromatic rings. The lowest BCUT2D eigenvalue weighted by Gasteiger charge is -2.26. The molecule has 186 valence electrons. The third kappa shape index (κ3) is 5.13. The number of pyridine rings is 1. The molecule has 4 heterocycles. The first-order chi connectivity index (χ1) is 16.0. The highest BCUT2D eigenvalue weighted by Crippen LogP contribution is 2.38. The Morgan fingerprint density at radius 1 is 1.06 bits per heavy atom. The van der Waals surface area contributed by atoms with Crippen LogP contribution < -0.4 is 0 Å². The molecule has 0 N–H and O–H groups in total. The first-order valence-electron chi connectivity index (χ1n) is 10.7. The van der Waals surface area contributed by atoms with E-state index in [-0.39, 0.29) is 24.9 Å². The van der Waals surface area contributed by atoms with Gasteiger partial charge < -0.3 is 9.64 Å². The highest BCUT2D eigenvalue weighted by atomic mass is 19.4. The van der Waals surface area contributed by atoms with Crippen LogP contribution in [0.25, 0.3) is 11.3 Å². The molecule has 1 amide bonds. The summed E-state index contributed by atoms with van der Waals surface area (Å²) in [5.74, 6) is -0.123. The number of nitrogens with zero attached hydrogens (tertiary/aromatic N) is 5. The van der Waals surface area contributed by atoms with Crippen LogP contribution in [0.15, 0.2) is 30.7 Å². The number of hydrogen-bond donors (Lipinski definition) is 0. The Morgan fingerprint density at radius 2 is 1.65 bits per heavy atom. The smallest absolute Gasteiger partial charge is 0.426 e. The number of aromatic nitrogens is 3. The second-order valence-corrected chi connectivity index (χ2v) is 8.56. The Balaban J connectivity index is 1.38. The number of rotatable bonds is 5. The van der Waals surface area contributed by atoms with Gasteiger partial charge in [-0.3, -0.25) is 14.6 Å². The Labute approximate surface area is 191 Å². The van der Waals surface area contributed by atoms with E-state index in [0.717, 1.165) is 21.7 Å². The van der Waals surface area contributed by atoms with E-state index >= 15 is 0 Å². The summed E-state index contributed by atoms with van der Waals surface area (Å²) in [6.07, 6.45) is -11.9. The van der Waals surface area contributed by atoms with E-state index in [0.29, 0.717) is 26.2 Å². The van der Waals surface area contributed by atoms with E-state index in [1.807, 2.05) is 29.9 Å². The molecular weight excluding hydrogens is 468 g/mol. The van der Waals surface area contributed by atoms with Crippen molar-refractivity contribution in [3.63, 3.8) is 0 Å².